The van der Waals surface area contributed by atoms with Crippen molar-refractivity contribution in [1.29, 1.82) is 0 Å². The molecule has 0 aliphatic heterocycles. The molecule has 0 fully saturated rings. The highest BCUT2D eigenvalue weighted by Gasteiger charge is 2.16. The highest BCUT2D eigenvalue weighted by molar-refractivity contribution is 9.10. The third-order valence-corrected chi connectivity index (χ3v) is 4.48. The van der Waals surface area contributed by atoms with Crippen LogP contribution < -0.4 is 14.8 Å². The number of halogens is 1. The van der Waals surface area contributed by atoms with E-state index in [4.69, 9.17) is 9.47 Å². The van der Waals surface area contributed by atoms with Crippen molar-refractivity contribution >= 4 is 21.8 Å². The summed E-state index contributed by atoms with van der Waals surface area (Å²) in [5, 5.41) is 2.99. The average molecular weight is 421 g/mol. The Morgan fingerprint density at radius 2 is 1.88 bits per heavy atom. The zero-order valence-corrected chi connectivity index (χ0v) is 17.0. The van der Waals surface area contributed by atoms with Gasteiger partial charge in [0, 0.05) is 11.0 Å². The second kappa shape index (κ2) is 10.2. The molecule has 1 N–H and O–H groups in total. The zero-order valence-electron chi connectivity index (χ0n) is 15.4. The maximum Gasteiger partial charge on any atom is 0.223 e. The minimum Gasteiger partial charge on any atom is -0.497 e. The predicted molar refractivity (Wildman–Crippen MR) is 107 cm³/mol. The predicted octanol–water partition coefficient (Wildman–Crippen LogP) is 3.65. The molecule has 1 amide bonds. The van der Waals surface area contributed by atoms with Crippen LogP contribution in [0.4, 0.5) is 0 Å². The third kappa shape index (κ3) is 6.35. The number of methoxy groups -OCH3 is 1. The molecule has 0 heterocycles. The maximum atomic E-state index is 12.1. The number of likely N-dealkylation sites (N-methyl/N-ethyl adjacent to an activating group) is 1. The standard InChI is InChI=1S/C20H25BrN2O3/c1-23(2)19(15-6-4-8-17(12-15)25-3)14-22-20(24)10-11-26-18-9-5-7-16(21)13-18/h4-9,12-13,19H,10-11,14H2,1-3H3,(H,22,24). The summed E-state index contributed by atoms with van der Waals surface area (Å²) in [7, 11) is 5.64. The van der Waals surface area contributed by atoms with E-state index in [2.05, 4.69) is 26.1 Å². The smallest absolute Gasteiger partial charge is 0.223 e. The fourth-order valence-electron chi connectivity index (χ4n) is 2.56. The van der Waals surface area contributed by atoms with Crippen LogP contribution in [0.1, 0.15) is 18.0 Å². The van der Waals surface area contributed by atoms with Gasteiger partial charge in [0.25, 0.3) is 0 Å². The molecule has 2 aromatic rings. The van der Waals surface area contributed by atoms with E-state index >= 15 is 0 Å². The Labute approximate surface area is 163 Å². The first-order valence-corrected chi connectivity index (χ1v) is 9.24. The molecule has 140 valence electrons. The van der Waals surface area contributed by atoms with Gasteiger partial charge in [-0.1, -0.05) is 34.1 Å². The molecular weight excluding hydrogens is 396 g/mol. The van der Waals surface area contributed by atoms with E-state index in [1.54, 1.807) is 7.11 Å². The molecule has 1 atom stereocenters. The van der Waals surface area contributed by atoms with Crippen molar-refractivity contribution in [1.82, 2.24) is 10.2 Å². The summed E-state index contributed by atoms with van der Waals surface area (Å²) >= 11 is 3.40. The van der Waals surface area contributed by atoms with E-state index in [-0.39, 0.29) is 11.9 Å². The summed E-state index contributed by atoms with van der Waals surface area (Å²) in [6.45, 7) is 0.865. The summed E-state index contributed by atoms with van der Waals surface area (Å²) in [4.78, 5) is 14.2. The number of benzene rings is 2. The number of hydrogen-bond donors (Lipinski definition) is 1. The fraction of sp³-hybridized carbons (Fsp3) is 0.350. The number of ether oxygens (including phenoxy) is 2. The molecule has 0 saturated heterocycles. The summed E-state index contributed by atoms with van der Waals surface area (Å²) in [5.74, 6) is 1.52. The third-order valence-electron chi connectivity index (χ3n) is 3.99. The maximum absolute atomic E-state index is 12.1. The molecule has 26 heavy (non-hydrogen) atoms. The van der Waals surface area contributed by atoms with Gasteiger partial charge in [0.1, 0.15) is 11.5 Å². The van der Waals surface area contributed by atoms with Crippen LogP contribution in [0.15, 0.2) is 53.0 Å². The molecular formula is C20H25BrN2O3. The van der Waals surface area contributed by atoms with E-state index in [0.717, 1.165) is 21.5 Å². The Hall–Kier alpha value is -2.05. The minimum atomic E-state index is -0.0326. The number of carbonyl (C=O) groups excluding carboxylic acids is 1. The summed E-state index contributed by atoms with van der Waals surface area (Å²) in [5.41, 5.74) is 1.10. The summed E-state index contributed by atoms with van der Waals surface area (Å²) < 4.78 is 11.8. The van der Waals surface area contributed by atoms with E-state index in [1.807, 2.05) is 62.6 Å². The van der Waals surface area contributed by atoms with Crippen molar-refractivity contribution in [2.24, 2.45) is 0 Å². The lowest BCUT2D eigenvalue weighted by Gasteiger charge is -2.25. The molecule has 5 nitrogen and oxygen atoms in total. The Morgan fingerprint density at radius 1 is 1.15 bits per heavy atom. The first-order chi connectivity index (χ1) is 12.5. The molecule has 2 aromatic carbocycles. The van der Waals surface area contributed by atoms with E-state index in [9.17, 15) is 4.79 Å². The monoisotopic (exact) mass is 420 g/mol. The molecule has 6 heteroatoms. The van der Waals surface area contributed by atoms with Gasteiger partial charge in [-0.25, -0.2) is 0 Å². The van der Waals surface area contributed by atoms with Crippen LogP contribution in [0.3, 0.4) is 0 Å². The summed E-state index contributed by atoms with van der Waals surface area (Å²) in [6, 6.07) is 15.5. The van der Waals surface area contributed by atoms with E-state index in [0.29, 0.717) is 19.6 Å². The highest BCUT2D eigenvalue weighted by Crippen LogP contribution is 2.22. The van der Waals surface area contributed by atoms with Gasteiger partial charge in [0.05, 0.1) is 26.2 Å². The SMILES string of the molecule is COc1cccc(C(CNC(=O)CCOc2cccc(Br)c2)N(C)C)c1. The van der Waals surface area contributed by atoms with Crippen LogP contribution in [0, 0.1) is 0 Å². The number of nitrogens with zero attached hydrogens (tertiary/aromatic N) is 1. The van der Waals surface area contributed by atoms with Crippen molar-refractivity contribution in [2.45, 2.75) is 12.5 Å². The molecule has 0 aliphatic rings. The lowest BCUT2D eigenvalue weighted by Crippen LogP contribution is -2.35. The van der Waals surface area contributed by atoms with Crippen LogP contribution in [-0.4, -0.2) is 45.2 Å². The molecule has 0 saturated carbocycles. The van der Waals surface area contributed by atoms with Crippen molar-refractivity contribution in [3.05, 3.63) is 58.6 Å². The first-order valence-electron chi connectivity index (χ1n) is 8.45. The van der Waals surface area contributed by atoms with Crippen molar-refractivity contribution < 1.29 is 14.3 Å². The van der Waals surface area contributed by atoms with Crippen molar-refractivity contribution in [3.63, 3.8) is 0 Å². The number of nitrogens with one attached hydrogen (secondary N) is 1. The quantitative estimate of drug-likeness (QED) is 0.672. The van der Waals surface area contributed by atoms with Crippen LogP contribution in [0.2, 0.25) is 0 Å². The molecule has 1 unspecified atom stereocenters. The lowest BCUT2D eigenvalue weighted by atomic mass is 10.1. The van der Waals surface area contributed by atoms with E-state index in [1.165, 1.54) is 0 Å². The van der Waals surface area contributed by atoms with Crippen molar-refractivity contribution in [3.8, 4) is 11.5 Å². The number of rotatable bonds is 9. The van der Waals surface area contributed by atoms with Crippen LogP contribution in [0.25, 0.3) is 0 Å². The lowest BCUT2D eigenvalue weighted by molar-refractivity contribution is -0.121. The van der Waals surface area contributed by atoms with Crippen LogP contribution in [0.5, 0.6) is 11.5 Å². The number of amides is 1. The second-order valence-electron chi connectivity index (χ2n) is 6.12. The van der Waals surface area contributed by atoms with Crippen LogP contribution >= 0.6 is 15.9 Å². The molecule has 0 radical (unpaired) electrons. The molecule has 0 bridgehead atoms. The normalized spacial score (nSPS) is 11.9. The largest absolute Gasteiger partial charge is 0.497 e. The van der Waals surface area contributed by atoms with Gasteiger partial charge in [-0.2, -0.15) is 0 Å². The second-order valence-corrected chi connectivity index (χ2v) is 7.03. The molecule has 0 aromatic heterocycles. The average Bonchev–Trinajstić information content (AvgIpc) is 2.62. The minimum absolute atomic E-state index is 0.0326. The summed E-state index contributed by atoms with van der Waals surface area (Å²) in [6.07, 6.45) is 0.310. The van der Waals surface area contributed by atoms with Gasteiger partial charge in [-0.3, -0.25) is 4.79 Å². The van der Waals surface area contributed by atoms with Gasteiger partial charge in [0.15, 0.2) is 0 Å². The van der Waals surface area contributed by atoms with Gasteiger partial charge in [-0.15, -0.1) is 0 Å². The topological polar surface area (TPSA) is 50.8 Å². The zero-order chi connectivity index (χ0) is 18.9. The number of carbonyl (C=O) groups is 1. The van der Waals surface area contributed by atoms with Gasteiger partial charge in [0.2, 0.25) is 5.91 Å². The van der Waals surface area contributed by atoms with Gasteiger partial charge >= 0.3 is 0 Å². The molecule has 2 rings (SSSR count). The van der Waals surface area contributed by atoms with E-state index < -0.39 is 0 Å². The highest BCUT2D eigenvalue weighted by atomic mass is 79.9. The first kappa shape index (κ1) is 20.3. The Balaban J connectivity index is 1.83. The van der Waals surface area contributed by atoms with Gasteiger partial charge < -0.3 is 19.7 Å². The molecule has 0 spiro atoms. The number of hydrogen-bond acceptors (Lipinski definition) is 4. The van der Waals surface area contributed by atoms with Gasteiger partial charge in [-0.05, 0) is 50.0 Å². The Bertz CT molecular complexity index is 722. The Kier molecular flexibility index (Phi) is 7.94. The molecule has 0 aliphatic carbocycles. The fourth-order valence-corrected chi connectivity index (χ4v) is 2.94. The van der Waals surface area contributed by atoms with Crippen LogP contribution in [-0.2, 0) is 4.79 Å². The van der Waals surface area contributed by atoms with Crippen molar-refractivity contribution in [2.75, 3.05) is 34.4 Å². The Morgan fingerprint density at radius 3 is 2.58 bits per heavy atom.